The summed E-state index contributed by atoms with van der Waals surface area (Å²) in [5.41, 5.74) is 0.728. The molecular formula is C51H51N2O18PS5. The van der Waals surface area contributed by atoms with Gasteiger partial charge in [-0.15, -0.1) is 11.3 Å². The number of thiazole rings is 1. The van der Waals surface area contributed by atoms with Crippen LogP contribution in [0.4, 0.5) is 5.13 Å². The van der Waals surface area contributed by atoms with E-state index in [0.717, 1.165) is 36.4 Å². The molecule has 6 aromatic carbocycles. The van der Waals surface area contributed by atoms with Gasteiger partial charge in [0.1, 0.15) is 46.0 Å². The quantitative estimate of drug-likeness (QED) is 0.0517. The number of carbonyl (C=O) groups excluding carboxylic acids is 2. The molecule has 1 heterocycles. The fourth-order valence-electron chi connectivity index (χ4n) is 6.64. The zero-order valence-electron chi connectivity index (χ0n) is 42.2. The van der Waals surface area contributed by atoms with Gasteiger partial charge in [0.25, 0.3) is 5.91 Å². The number of rotatable bonds is 21. The summed E-state index contributed by atoms with van der Waals surface area (Å²) in [4.78, 5) is 30.3. The standard InChI is InChI=1S/C29H31N2O10PS3.C22H20O8S2/c1-5-38-42(33,39-6-2)18-21-19-43-29(30-21)31-28(32)20-15-24(40-22-7-11-26(12-8-22)44(3,34)35)17-25(16-20)41-23-9-13-27(14-10-23)45(4,36)37;1-28-22(23)15-12-18(29-16-4-8-20(9-5-16)31(2,24)25)14-19(13-15)30-17-6-10-21(11-7-17)32(3,26)27/h7-17,19H,5-6,18H2,1-4H3,(H,30,31,32);4-14H,1-3H3. The van der Waals surface area contributed by atoms with Crippen LogP contribution in [0.5, 0.6) is 46.0 Å². The van der Waals surface area contributed by atoms with Crippen LogP contribution in [0.1, 0.15) is 40.3 Å². The first-order valence-corrected chi connectivity index (χ1v) is 32.7. The van der Waals surface area contributed by atoms with Gasteiger partial charge in [0.05, 0.1) is 57.3 Å². The predicted octanol–water partition coefficient (Wildman–Crippen LogP) is 10.4. The number of benzene rings is 6. The lowest BCUT2D eigenvalue weighted by Crippen LogP contribution is -2.12. The number of hydrogen-bond donors (Lipinski definition) is 1. The van der Waals surface area contributed by atoms with Crippen LogP contribution in [0.3, 0.4) is 0 Å². The number of amides is 1. The van der Waals surface area contributed by atoms with E-state index in [9.17, 15) is 47.8 Å². The predicted molar refractivity (Wildman–Crippen MR) is 287 cm³/mol. The number of nitrogens with zero attached hydrogens (tertiary/aromatic N) is 1. The second-order valence-electron chi connectivity index (χ2n) is 16.5. The van der Waals surface area contributed by atoms with E-state index in [0.29, 0.717) is 28.7 Å². The van der Waals surface area contributed by atoms with Crippen molar-refractivity contribution in [3.8, 4) is 46.0 Å². The molecule has 0 fully saturated rings. The van der Waals surface area contributed by atoms with Crippen LogP contribution >= 0.6 is 18.9 Å². The van der Waals surface area contributed by atoms with Gasteiger partial charge in [-0.05, 0) is 135 Å². The molecule has 77 heavy (non-hydrogen) atoms. The van der Waals surface area contributed by atoms with Crippen LogP contribution in [0.2, 0.25) is 0 Å². The zero-order valence-corrected chi connectivity index (χ0v) is 47.2. The van der Waals surface area contributed by atoms with E-state index in [-0.39, 0.29) is 78.2 Å². The Morgan fingerprint density at radius 1 is 0.494 bits per heavy atom. The zero-order chi connectivity index (χ0) is 56.3. The molecule has 1 N–H and O–H groups in total. The minimum Gasteiger partial charge on any atom is -0.465 e. The van der Waals surface area contributed by atoms with E-state index < -0.39 is 58.8 Å². The third-order valence-electron chi connectivity index (χ3n) is 10.2. The first kappa shape index (κ1) is 59.3. The highest BCUT2D eigenvalue weighted by Gasteiger charge is 2.26. The second kappa shape index (κ2) is 25.0. The Hall–Kier alpha value is -6.96. The molecule has 26 heteroatoms. The third kappa shape index (κ3) is 17.5. The molecule has 0 saturated heterocycles. The molecule has 0 atom stereocenters. The number of aromatic nitrogens is 1. The Morgan fingerprint density at radius 3 is 1.09 bits per heavy atom. The van der Waals surface area contributed by atoms with Crippen molar-refractivity contribution in [1.29, 1.82) is 0 Å². The average Bonchev–Trinajstić information content (AvgIpc) is 3.79. The van der Waals surface area contributed by atoms with E-state index in [1.165, 1.54) is 141 Å². The van der Waals surface area contributed by atoms with Gasteiger partial charge < -0.3 is 32.7 Å². The highest BCUT2D eigenvalue weighted by molar-refractivity contribution is 7.91. The normalized spacial score (nSPS) is 11.9. The summed E-state index contributed by atoms with van der Waals surface area (Å²) in [6.07, 6.45) is 4.35. The first-order valence-electron chi connectivity index (χ1n) is 22.6. The minimum absolute atomic E-state index is 0.0569. The van der Waals surface area contributed by atoms with Crippen molar-refractivity contribution in [1.82, 2.24) is 4.98 Å². The molecule has 0 aliphatic heterocycles. The van der Waals surface area contributed by atoms with Gasteiger partial charge in [-0.25, -0.2) is 43.4 Å². The fourth-order valence-corrected chi connectivity index (χ4v) is 11.6. The van der Waals surface area contributed by atoms with Gasteiger partial charge in [0.2, 0.25) is 0 Å². The van der Waals surface area contributed by atoms with Gasteiger partial charge in [0, 0.05) is 48.1 Å². The molecule has 0 bridgehead atoms. The molecular weight excluding hydrogens is 1120 g/mol. The maximum Gasteiger partial charge on any atom is 0.338 e. The van der Waals surface area contributed by atoms with Crippen LogP contribution in [0, 0.1) is 0 Å². The summed E-state index contributed by atoms with van der Waals surface area (Å²) in [5.74, 6) is 1.06. The smallest absolute Gasteiger partial charge is 0.338 e. The van der Waals surface area contributed by atoms with Crippen molar-refractivity contribution >= 4 is 75.3 Å². The van der Waals surface area contributed by atoms with Crippen molar-refractivity contribution < 1.29 is 80.6 Å². The van der Waals surface area contributed by atoms with Crippen molar-refractivity contribution in [3.05, 3.63) is 156 Å². The SMILES string of the molecule is CCOP(=O)(Cc1csc(NC(=O)c2cc(Oc3ccc(S(C)(=O)=O)cc3)cc(Oc3ccc(S(C)(=O)=O)cc3)c2)n1)OCC.COC(=O)c1cc(Oc2ccc(S(C)(=O)=O)cc2)cc(Oc2ccc(S(C)(=O)=O)cc2)c1. The van der Waals surface area contributed by atoms with E-state index >= 15 is 0 Å². The highest BCUT2D eigenvalue weighted by atomic mass is 32.2. The highest BCUT2D eigenvalue weighted by Crippen LogP contribution is 2.51. The summed E-state index contributed by atoms with van der Waals surface area (Å²) in [7, 11) is -15.7. The summed E-state index contributed by atoms with van der Waals surface area (Å²) < 4.78 is 145. The van der Waals surface area contributed by atoms with E-state index in [1.807, 2.05) is 0 Å². The lowest BCUT2D eigenvalue weighted by Gasteiger charge is -2.15. The van der Waals surface area contributed by atoms with Gasteiger partial charge in [0.15, 0.2) is 44.5 Å². The van der Waals surface area contributed by atoms with Crippen LogP contribution in [-0.2, 0) is 63.9 Å². The number of carbonyl (C=O) groups is 2. The number of sulfone groups is 4. The van der Waals surface area contributed by atoms with Crippen LogP contribution < -0.4 is 24.3 Å². The van der Waals surface area contributed by atoms with E-state index in [1.54, 1.807) is 19.2 Å². The molecule has 0 spiro atoms. The van der Waals surface area contributed by atoms with E-state index in [4.69, 9.17) is 32.7 Å². The Balaban J connectivity index is 0.000000264. The maximum absolute atomic E-state index is 13.3. The molecule has 408 valence electrons. The summed E-state index contributed by atoms with van der Waals surface area (Å²) in [6, 6.07) is 32.0. The minimum atomic E-state index is -3.41. The third-order valence-corrected chi connectivity index (χ3v) is 17.5. The number of esters is 1. The summed E-state index contributed by atoms with van der Waals surface area (Å²) in [6.45, 7) is 3.84. The molecule has 0 aliphatic carbocycles. The Bertz CT molecular complexity index is 3560. The largest absolute Gasteiger partial charge is 0.465 e. The van der Waals surface area contributed by atoms with Gasteiger partial charge in [-0.3, -0.25) is 14.7 Å². The maximum atomic E-state index is 13.3. The summed E-state index contributed by atoms with van der Waals surface area (Å²) in [5, 5.41) is 4.61. The molecule has 1 amide bonds. The lowest BCUT2D eigenvalue weighted by atomic mass is 10.2. The van der Waals surface area contributed by atoms with Crippen LogP contribution in [0.15, 0.2) is 158 Å². The average molecular weight is 1170 g/mol. The number of hydrogen-bond acceptors (Lipinski definition) is 20. The Kier molecular flexibility index (Phi) is 19.3. The number of anilines is 1. The molecule has 7 rings (SSSR count). The van der Waals surface area contributed by atoms with Crippen LogP contribution in [0.25, 0.3) is 0 Å². The van der Waals surface area contributed by atoms with Crippen molar-refractivity contribution in [2.24, 2.45) is 0 Å². The van der Waals surface area contributed by atoms with Crippen molar-refractivity contribution in [3.63, 3.8) is 0 Å². The van der Waals surface area contributed by atoms with E-state index in [2.05, 4.69) is 10.3 Å². The molecule has 0 aliphatic rings. The number of methoxy groups -OCH3 is 1. The summed E-state index contributed by atoms with van der Waals surface area (Å²) >= 11 is 1.13. The first-order chi connectivity index (χ1) is 36.1. The van der Waals surface area contributed by atoms with Gasteiger partial charge in [-0.1, -0.05) is 0 Å². The molecule has 0 unspecified atom stereocenters. The lowest BCUT2D eigenvalue weighted by molar-refractivity contribution is 0.0599. The number of nitrogens with one attached hydrogen (secondary N) is 1. The Morgan fingerprint density at radius 2 is 0.805 bits per heavy atom. The number of ether oxygens (including phenoxy) is 5. The fraction of sp³-hybridized carbons (Fsp3) is 0.196. The molecule has 0 radical (unpaired) electrons. The second-order valence-corrected chi connectivity index (χ2v) is 27.4. The van der Waals surface area contributed by atoms with Crippen molar-refractivity contribution in [2.75, 3.05) is 50.7 Å². The van der Waals surface area contributed by atoms with Crippen LogP contribution in [-0.4, -0.2) is 95.9 Å². The topological polar surface area (TPSA) is 277 Å². The Labute approximate surface area is 450 Å². The monoisotopic (exact) mass is 1170 g/mol. The van der Waals surface area contributed by atoms with Gasteiger partial charge in [-0.2, -0.15) is 0 Å². The van der Waals surface area contributed by atoms with Crippen molar-refractivity contribution in [2.45, 2.75) is 39.6 Å². The molecule has 0 saturated carbocycles. The molecule has 20 nitrogen and oxygen atoms in total. The molecule has 1 aromatic heterocycles. The van der Waals surface area contributed by atoms with Gasteiger partial charge >= 0.3 is 13.6 Å². The molecule has 7 aromatic rings.